The van der Waals surface area contributed by atoms with Gasteiger partial charge in [0, 0.05) is 29.1 Å². The zero-order valence-corrected chi connectivity index (χ0v) is 24.9. The summed E-state index contributed by atoms with van der Waals surface area (Å²) < 4.78 is 5.96. The van der Waals surface area contributed by atoms with E-state index in [4.69, 9.17) is 15.5 Å². The summed E-state index contributed by atoms with van der Waals surface area (Å²) in [5, 5.41) is 12.7. The van der Waals surface area contributed by atoms with Crippen molar-refractivity contribution in [3.05, 3.63) is 59.8 Å². The number of hydrogen-bond donors (Lipinski definition) is 3. The van der Waals surface area contributed by atoms with Crippen LogP contribution in [0.1, 0.15) is 57.4 Å². The number of nitrogens with zero attached hydrogens (tertiary/aromatic N) is 4. The van der Waals surface area contributed by atoms with Gasteiger partial charge in [-0.2, -0.15) is 9.97 Å². The summed E-state index contributed by atoms with van der Waals surface area (Å²) in [4.78, 5) is 23.2. The number of carbonyl (C=O) groups is 1. The molecule has 0 bridgehead atoms. The molecule has 2 aliphatic rings. The molecule has 0 saturated carbocycles. The zero-order valence-electron chi connectivity index (χ0n) is 24.9. The Kier molecular flexibility index (Phi) is 12.7. The maximum Gasteiger partial charge on any atom is 0.318 e. The Balaban J connectivity index is 0.000000554. The molecule has 3 aromatic rings. The second-order valence-electron chi connectivity index (χ2n) is 9.27. The van der Waals surface area contributed by atoms with Crippen molar-refractivity contribution in [2.45, 2.75) is 66.5 Å². The minimum atomic E-state index is -0.481. The second-order valence-corrected chi connectivity index (χ2v) is 9.27. The molecule has 1 atom stereocenters. The number of aromatic nitrogens is 2. The third-order valence-electron chi connectivity index (χ3n) is 6.92. The van der Waals surface area contributed by atoms with Crippen molar-refractivity contribution < 1.29 is 14.6 Å². The zero-order chi connectivity index (χ0) is 29.8. The van der Waals surface area contributed by atoms with E-state index in [0.717, 1.165) is 65.3 Å². The lowest BCUT2D eigenvalue weighted by molar-refractivity contribution is -0.113. The third-order valence-corrected chi connectivity index (χ3v) is 6.92. The van der Waals surface area contributed by atoms with Crippen LogP contribution < -0.4 is 21.1 Å². The van der Waals surface area contributed by atoms with Crippen molar-refractivity contribution >= 4 is 28.2 Å². The van der Waals surface area contributed by atoms with E-state index in [1.54, 1.807) is 0 Å². The van der Waals surface area contributed by atoms with Gasteiger partial charge in [0.15, 0.2) is 0 Å². The number of fused-ring (bicyclic) bond motifs is 2. The lowest BCUT2D eigenvalue weighted by atomic mass is 9.99. The molecule has 5 N–H and O–H groups in total. The minimum absolute atomic E-state index is 0.311. The Morgan fingerprint density at radius 1 is 1.20 bits per heavy atom. The van der Waals surface area contributed by atoms with Gasteiger partial charge in [-0.3, -0.25) is 4.79 Å². The number of amides is 1. The first-order valence-electron chi connectivity index (χ1n) is 14.1. The highest BCUT2D eigenvalue weighted by atomic mass is 16.5. The molecule has 2 aromatic carbocycles. The Bertz CT molecular complexity index is 1280. The Labute approximate surface area is 238 Å². The highest BCUT2D eigenvalue weighted by Gasteiger charge is 2.26. The van der Waals surface area contributed by atoms with E-state index in [-0.39, 0.29) is 0 Å². The molecular formula is C31H46N6O3. The molecule has 2 aliphatic heterocycles. The summed E-state index contributed by atoms with van der Waals surface area (Å²) in [6.45, 7) is 16.1. The molecule has 0 radical (unpaired) electrons. The van der Waals surface area contributed by atoms with Crippen LogP contribution in [0.4, 0.5) is 11.5 Å². The summed E-state index contributed by atoms with van der Waals surface area (Å²) in [7, 11) is 2.13. The molecule has 0 spiro atoms. The van der Waals surface area contributed by atoms with Crippen LogP contribution >= 0.6 is 0 Å². The maximum absolute atomic E-state index is 10.5. The van der Waals surface area contributed by atoms with Crippen molar-refractivity contribution in [3.63, 3.8) is 0 Å². The molecule has 218 valence electrons. The number of likely N-dealkylation sites (N-methyl/N-ethyl adjacent to an activating group) is 1. The smallest absolute Gasteiger partial charge is 0.318 e. The van der Waals surface area contributed by atoms with Crippen LogP contribution in [0.15, 0.2) is 43.0 Å². The van der Waals surface area contributed by atoms with E-state index >= 15 is 0 Å². The highest BCUT2D eigenvalue weighted by molar-refractivity contribution is 5.97. The largest absolute Gasteiger partial charge is 0.508 e. The van der Waals surface area contributed by atoms with Gasteiger partial charge in [-0.05, 0) is 57.3 Å². The molecular weight excluding hydrogens is 504 g/mol. The molecule has 1 amide bonds. The van der Waals surface area contributed by atoms with Crippen LogP contribution in [0.25, 0.3) is 10.8 Å². The van der Waals surface area contributed by atoms with Crippen molar-refractivity contribution in [2.75, 3.05) is 37.4 Å². The molecule has 9 nitrogen and oxygen atoms in total. The Morgan fingerprint density at radius 3 is 2.50 bits per heavy atom. The number of aromatic hydroxyl groups is 1. The minimum Gasteiger partial charge on any atom is -0.508 e. The second kappa shape index (κ2) is 15.7. The molecule has 1 fully saturated rings. The first kappa shape index (κ1) is 32.4. The molecule has 1 saturated heterocycles. The van der Waals surface area contributed by atoms with Gasteiger partial charge in [0.2, 0.25) is 5.91 Å². The fourth-order valence-electron chi connectivity index (χ4n) is 4.88. The number of phenolic OH excluding ortho intramolecular Hbond substituents is 1. The fraction of sp³-hybridized carbons (Fsp3) is 0.452. The number of nitrogens with two attached hydrogens (primary N) is 2. The average Bonchev–Trinajstić information content (AvgIpc) is 3.39. The van der Waals surface area contributed by atoms with E-state index in [9.17, 15) is 9.90 Å². The van der Waals surface area contributed by atoms with Crippen LogP contribution in [0.3, 0.4) is 0 Å². The van der Waals surface area contributed by atoms with Gasteiger partial charge in [-0.1, -0.05) is 58.5 Å². The molecule has 1 aromatic heterocycles. The van der Waals surface area contributed by atoms with Crippen molar-refractivity contribution in [1.82, 2.24) is 14.9 Å². The summed E-state index contributed by atoms with van der Waals surface area (Å²) in [5.74, 6) is 0.341. The Morgan fingerprint density at radius 2 is 1.88 bits per heavy atom. The van der Waals surface area contributed by atoms with Gasteiger partial charge >= 0.3 is 6.01 Å². The number of likely N-dealkylation sites (tertiary alicyclic amines) is 1. The molecule has 0 unspecified atom stereocenters. The number of hydrogen-bond acceptors (Lipinski definition) is 8. The van der Waals surface area contributed by atoms with E-state index in [1.165, 1.54) is 6.42 Å². The molecule has 5 rings (SSSR count). The number of phenols is 1. The average molecular weight is 551 g/mol. The summed E-state index contributed by atoms with van der Waals surface area (Å²) in [6.07, 6.45) is 4.15. The predicted molar refractivity (Wildman–Crippen MR) is 165 cm³/mol. The molecule has 3 heterocycles. The first-order chi connectivity index (χ1) is 19.3. The number of benzene rings is 2. The van der Waals surface area contributed by atoms with Gasteiger partial charge in [-0.15, -0.1) is 0 Å². The van der Waals surface area contributed by atoms with Gasteiger partial charge in [0.1, 0.15) is 18.2 Å². The number of anilines is 2. The maximum atomic E-state index is 10.5. The Hall–Kier alpha value is -3.85. The third kappa shape index (κ3) is 7.85. The summed E-state index contributed by atoms with van der Waals surface area (Å²) in [6, 6.07) is 10.8. The number of nitrogen functional groups attached to an aromatic ring is 1. The van der Waals surface area contributed by atoms with E-state index in [1.807, 2.05) is 58.9 Å². The van der Waals surface area contributed by atoms with E-state index < -0.39 is 5.91 Å². The predicted octanol–water partition coefficient (Wildman–Crippen LogP) is 4.97. The normalized spacial score (nSPS) is 15.8. The van der Waals surface area contributed by atoms with Crippen molar-refractivity contribution in [2.24, 2.45) is 5.73 Å². The quantitative estimate of drug-likeness (QED) is 0.380. The van der Waals surface area contributed by atoms with E-state index in [0.29, 0.717) is 36.8 Å². The lowest BCUT2D eigenvalue weighted by Crippen LogP contribution is -2.33. The van der Waals surface area contributed by atoms with Crippen molar-refractivity contribution in [3.8, 4) is 11.8 Å². The molecule has 40 heavy (non-hydrogen) atoms. The number of carbonyl (C=O) groups excluding carboxylic acids is 1. The topological polar surface area (TPSA) is 131 Å². The van der Waals surface area contributed by atoms with Gasteiger partial charge in [0.25, 0.3) is 0 Å². The van der Waals surface area contributed by atoms with Crippen LogP contribution in [0.2, 0.25) is 0 Å². The SMILES string of the molecule is C=CC(N)=O.CC.CC.Cc1c(O)cc2ccccc2c1N1CCc2c(N)nc(OC[C@@H]3CCCN3C)nc2C1. The van der Waals surface area contributed by atoms with Crippen LogP contribution in [0.5, 0.6) is 11.8 Å². The number of ether oxygens (including phenoxy) is 1. The number of primary amides is 1. The highest BCUT2D eigenvalue weighted by Crippen LogP contribution is 2.39. The standard InChI is InChI=1S/C24H29N5O2.C3H5NO.2C2H6/c1-15-21(30)12-16-6-3-4-8-18(16)22(15)29-11-9-19-20(13-29)26-24(27-23(19)25)31-14-17-7-5-10-28(17)2;1-2-3(4)5;2*1-2/h3-4,6,8,12,17,30H,5,7,9-11,13-14H2,1-2H3,(H2,25,26,27);2H,1H2,(H2,4,5);2*1-2H3/t17-;;;/m0.../s1. The summed E-state index contributed by atoms with van der Waals surface area (Å²) >= 11 is 0. The van der Waals surface area contributed by atoms with Gasteiger partial charge < -0.3 is 31.1 Å². The van der Waals surface area contributed by atoms with Crippen LogP contribution in [0, 0.1) is 6.92 Å². The first-order valence-corrected chi connectivity index (χ1v) is 14.1. The fourth-order valence-corrected chi connectivity index (χ4v) is 4.88. The number of rotatable bonds is 5. The van der Waals surface area contributed by atoms with Gasteiger partial charge in [-0.25, -0.2) is 0 Å². The molecule has 0 aliphatic carbocycles. The van der Waals surface area contributed by atoms with Crippen LogP contribution in [-0.4, -0.2) is 58.7 Å². The lowest BCUT2D eigenvalue weighted by Gasteiger charge is -2.33. The van der Waals surface area contributed by atoms with Crippen molar-refractivity contribution in [1.29, 1.82) is 0 Å². The van der Waals surface area contributed by atoms with Crippen LogP contribution in [-0.2, 0) is 17.8 Å². The molecule has 9 heteroatoms. The summed E-state index contributed by atoms with van der Waals surface area (Å²) in [5.41, 5.74) is 14.7. The van der Waals surface area contributed by atoms with Gasteiger partial charge in [0.05, 0.1) is 17.9 Å². The van der Waals surface area contributed by atoms with E-state index in [2.05, 4.69) is 40.2 Å². The monoisotopic (exact) mass is 550 g/mol.